The molecule has 0 aliphatic carbocycles. The first-order valence-electron chi connectivity index (χ1n) is 8.66. The third-order valence-electron chi connectivity index (χ3n) is 3.42. The predicted molar refractivity (Wildman–Crippen MR) is 103 cm³/mol. The number of hydrogen-bond donors (Lipinski definition) is 2. The Kier molecular flexibility index (Phi) is 8.25. The third kappa shape index (κ3) is 6.67. The van der Waals surface area contributed by atoms with Crippen LogP contribution < -0.4 is 20.1 Å². The van der Waals surface area contributed by atoms with Gasteiger partial charge in [0.05, 0.1) is 24.7 Å². The smallest absolute Gasteiger partial charge is 0.387 e. The molecule has 0 spiro atoms. The Morgan fingerprint density at radius 2 is 2.11 bits per heavy atom. The number of benzene rings is 1. The van der Waals surface area contributed by atoms with Gasteiger partial charge in [0.2, 0.25) is 0 Å². The van der Waals surface area contributed by atoms with E-state index < -0.39 is 6.61 Å². The summed E-state index contributed by atoms with van der Waals surface area (Å²) in [7, 11) is 0. The van der Waals surface area contributed by atoms with Crippen molar-refractivity contribution in [2.24, 2.45) is 4.99 Å². The van der Waals surface area contributed by atoms with E-state index in [2.05, 4.69) is 25.3 Å². The quantitative estimate of drug-likeness (QED) is 0.498. The van der Waals surface area contributed by atoms with E-state index in [0.29, 0.717) is 31.2 Å². The third-order valence-corrected chi connectivity index (χ3v) is 4.33. The van der Waals surface area contributed by atoms with Crippen LogP contribution >= 0.6 is 11.3 Å². The molecular weight excluding hydrogens is 374 g/mol. The lowest BCUT2D eigenvalue weighted by molar-refractivity contribution is -0.0520. The van der Waals surface area contributed by atoms with E-state index in [1.165, 1.54) is 0 Å². The molecule has 0 radical (unpaired) electrons. The Morgan fingerprint density at radius 3 is 2.74 bits per heavy atom. The first-order valence-corrected chi connectivity index (χ1v) is 9.48. The highest BCUT2D eigenvalue weighted by atomic mass is 32.1. The fourth-order valence-corrected chi connectivity index (χ4v) is 3.08. The van der Waals surface area contributed by atoms with Crippen LogP contribution in [0.5, 0.6) is 11.5 Å². The first-order chi connectivity index (χ1) is 13.0. The van der Waals surface area contributed by atoms with Crippen molar-refractivity contribution in [3.63, 3.8) is 0 Å². The average Bonchev–Trinajstić information content (AvgIpc) is 3.04. The SMILES string of the molecule is CCNC(=NCc1cccc(OCC)c1OC(F)F)NCc1cnc(C)s1. The number of guanidine groups is 1. The van der Waals surface area contributed by atoms with Crippen molar-refractivity contribution in [2.75, 3.05) is 13.2 Å². The molecule has 0 atom stereocenters. The minimum atomic E-state index is -2.93. The number of nitrogens with one attached hydrogen (secondary N) is 2. The van der Waals surface area contributed by atoms with Gasteiger partial charge in [-0.15, -0.1) is 11.3 Å². The summed E-state index contributed by atoms with van der Waals surface area (Å²) < 4.78 is 35.7. The van der Waals surface area contributed by atoms with Crippen molar-refractivity contribution in [1.82, 2.24) is 15.6 Å². The van der Waals surface area contributed by atoms with Gasteiger partial charge in [-0.25, -0.2) is 9.98 Å². The van der Waals surface area contributed by atoms with Crippen molar-refractivity contribution in [3.8, 4) is 11.5 Å². The predicted octanol–water partition coefficient (Wildman–Crippen LogP) is 3.71. The molecule has 1 aromatic heterocycles. The molecule has 1 heterocycles. The van der Waals surface area contributed by atoms with Gasteiger partial charge < -0.3 is 20.1 Å². The zero-order valence-corrected chi connectivity index (χ0v) is 16.4. The van der Waals surface area contributed by atoms with E-state index in [1.807, 2.05) is 20.0 Å². The molecule has 0 unspecified atom stereocenters. The average molecular weight is 398 g/mol. The van der Waals surface area contributed by atoms with Crippen LogP contribution in [0.4, 0.5) is 8.78 Å². The molecule has 0 amide bonds. The monoisotopic (exact) mass is 398 g/mol. The lowest BCUT2D eigenvalue weighted by Gasteiger charge is -2.15. The number of nitrogens with zero attached hydrogens (tertiary/aromatic N) is 2. The van der Waals surface area contributed by atoms with Crippen molar-refractivity contribution in [1.29, 1.82) is 0 Å². The van der Waals surface area contributed by atoms with Gasteiger partial charge >= 0.3 is 6.61 Å². The maximum atomic E-state index is 12.8. The van der Waals surface area contributed by atoms with Crippen LogP contribution in [0.15, 0.2) is 29.4 Å². The number of aryl methyl sites for hydroxylation is 1. The molecule has 148 valence electrons. The van der Waals surface area contributed by atoms with E-state index in [-0.39, 0.29) is 18.0 Å². The summed E-state index contributed by atoms with van der Waals surface area (Å²) in [6, 6.07) is 5.03. The van der Waals surface area contributed by atoms with Gasteiger partial charge in [0.15, 0.2) is 17.5 Å². The van der Waals surface area contributed by atoms with Crippen LogP contribution in [-0.4, -0.2) is 30.7 Å². The summed E-state index contributed by atoms with van der Waals surface area (Å²) in [5.74, 6) is 0.879. The van der Waals surface area contributed by atoms with E-state index in [0.717, 1.165) is 9.88 Å². The van der Waals surface area contributed by atoms with E-state index >= 15 is 0 Å². The van der Waals surface area contributed by atoms with Crippen molar-refractivity contribution in [2.45, 2.75) is 40.5 Å². The highest BCUT2D eigenvalue weighted by Crippen LogP contribution is 2.33. The number of thiazole rings is 1. The van der Waals surface area contributed by atoms with Crippen molar-refractivity contribution >= 4 is 17.3 Å². The highest BCUT2D eigenvalue weighted by Gasteiger charge is 2.15. The Hall–Kier alpha value is -2.42. The highest BCUT2D eigenvalue weighted by molar-refractivity contribution is 7.11. The van der Waals surface area contributed by atoms with Crippen LogP contribution in [0.25, 0.3) is 0 Å². The molecule has 0 aliphatic rings. The van der Waals surface area contributed by atoms with Crippen molar-refractivity contribution < 1.29 is 18.3 Å². The normalized spacial score (nSPS) is 11.6. The number of ether oxygens (including phenoxy) is 2. The van der Waals surface area contributed by atoms with Gasteiger partial charge in [0, 0.05) is 23.2 Å². The standard InChI is InChI=1S/C18H24F2N4O2S/c1-4-21-18(24-11-14-10-22-12(3)27-14)23-9-13-7-6-8-15(25-5-2)16(13)26-17(19)20/h6-8,10,17H,4-5,9,11H2,1-3H3,(H2,21,23,24). The number of hydrogen-bond acceptors (Lipinski definition) is 5. The van der Waals surface area contributed by atoms with Gasteiger partial charge in [-0.1, -0.05) is 12.1 Å². The van der Waals surface area contributed by atoms with E-state index in [4.69, 9.17) is 4.74 Å². The van der Waals surface area contributed by atoms with Gasteiger partial charge in [0.25, 0.3) is 0 Å². The molecule has 27 heavy (non-hydrogen) atoms. The molecule has 1 aromatic carbocycles. The lowest BCUT2D eigenvalue weighted by atomic mass is 10.2. The second-order valence-electron chi connectivity index (χ2n) is 5.45. The van der Waals surface area contributed by atoms with Gasteiger partial charge in [-0.2, -0.15) is 8.78 Å². The van der Waals surface area contributed by atoms with Crippen LogP contribution in [0.1, 0.15) is 29.3 Å². The second-order valence-corrected chi connectivity index (χ2v) is 6.77. The molecule has 0 fully saturated rings. The summed E-state index contributed by atoms with van der Waals surface area (Å²) in [5, 5.41) is 7.34. The number of rotatable bonds is 9. The molecule has 0 bridgehead atoms. The Balaban J connectivity index is 2.14. The number of aromatic nitrogens is 1. The minimum Gasteiger partial charge on any atom is -0.490 e. The van der Waals surface area contributed by atoms with Crippen LogP contribution in [-0.2, 0) is 13.1 Å². The maximum Gasteiger partial charge on any atom is 0.387 e. The first kappa shape index (κ1) is 20.9. The number of aliphatic imine (C=N–C) groups is 1. The summed E-state index contributed by atoms with van der Waals surface area (Å²) >= 11 is 1.60. The molecule has 0 saturated heterocycles. The Morgan fingerprint density at radius 1 is 1.30 bits per heavy atom. The van der Waals surface area contributed by atoms with Crippen LogP contribution in [0.3, 0.4) is 0 Å². The zero-order chi connectivity index (χ0) is 19.6. The van der Waals surface area contributed by atoms with Crippen LogP contribution in [0, 0.1) is 6.92 Å². The molecule has 0 aliphatic heterocycles. The van der Waals surface area contributed by atoms with E-state index in [1.54, 1.807) is 36.5 Å². The maximum absolute atomic E-state index is 12.8. The summed E-state index contributed by atoms with van der Waals surface area (Å²) in [4.78, 5) is 9.77. The van der Waals surface area contributed by atoms with Gasteiger partial charge in [-0.3, -0.25) is 0 Å². The number of para-hydroxylation sites is 1. The molecule has 9 heteroatoms. The fraction of sp³-hybridized carbons (Fsp3) is 0.444. The Labute approximate surface area is 161 Å². The van der Waals surface area contributed by atoms with E-state index in [9.17, 15) is 8.78 Å². The van der Waals surface area contributed by atoms with Crippen molar-refractivity contribution in [3.05, 3.63) is 39.8 Å². The molecule has 6 nitrogen and oxygen atoms in total. The summed E-state index contributed by atoms with van der Waals surface area (Å²) in [6.07, 6.45) is 1.82. The molecular formula is C18H24F2N4O2S. The fourth-order valence-electron chi connectivity index (χ4n) is 2.34. The topological polar surface area (TPSA) is 67.8 Å². The summed E-state index contributed by atoms with van der Waals surface area (Å²) in [5.41, 5.74) is 0.520. The minimum absolute atomic E-state index is 0.0204. The Bertz CT molecular complexity index is 753. The number of alkyl halides is 2. The molecule has 2 N–H and O–H groups in total. The largest absolute Gasteiger partial charge is 0.490 e. The molecule has 0 saturated carbocycles. The second kappa shape index (κ2) is 10.7. The molecule has 2 rings (SSSR count). The summed E-state index contributed by atoms with van der Waals surface area (Å²) in [6.45, 7) is 4.52. The van der Waals surface area contributed by atoms with Gasteiger partial charge in [-0.05, 0) is 26.8 Å². The lowest BCUT2D eigenvalue weighted by Crippen LogP contribution is -2.36. The number of halogens is 2. The zero-order valence-electron chi connectivity index (χ0n) is 15.6. The molecule has 2 aromatic rings. The van der Waals surface area contributed by atoms with Gasteiger partial charge in [0.1, 0.15) is 0 Å². The van der Waals surface area contributed by atoms with Crippen LogP contribution in [0.2, 0.25) is 0 Å².